The maximum absolute atomic E-state index is 12.1. The number of carbonyl (C=O) groups excluding carboxylic acids is 1. The van der Waals surface area contributed by atoms with Gasteiger partial charge in [-0.3, -0.25) is 9.69 Å². The fourth-order valence-corrected chi connectivity index (χ4v) is 2.93. The highest BCUT2D eigenvalue weighted by Gasteiger charge is 2.44. The van der Waals surface area contributed by atoms with Crippen LogP contribution in [0.2, 0.25) is 0 Å². The second kappa shape index (κ2) is 3.87. The molecule has 2 heterocycles. The van der Waals surface area contributed by atoms with Gasteiger partial charge in [-0.25, -0.2) is 4.99 Å². The minimum absolute atomic E-state index is 0.0213. The molecular formula is C11H14BN3OS. The number of nitrogens with two attached hydrogens (primary N) is 1. The average Bonchev–Trinajstić information content (AvgIpc) is 2.71. The molecule has 1 amide bonds. The lowest BCUT2D eigenvalue weighted by atomic mass is 9.83. The second-order valence-electron chi connectivity index (χ2n) is 4.48. The topological polar surface area (TPSA) is 58.7 Å². The van der Waals surface area contributed by atoms with Crippen molar-refractivity contribution in [2.75, 3.05) is 7.05 Å². The Bertz CT molecular complexity index is 499. The molecule has 2 radical (unpaired) electrons. The Morgan fingerprint density at radius 2 is 2.29 bits per heavy atom. The molecule has 0 saturated carbocycles. The van der Waals surface area contributed by atoms with E-state index in [1.54, 1.807) is 7.05 Å². The predicted molar refractivity (Wildman–Crippen MR) is 70.6 cm³/mol. The van der Waals surface area contributed by atoms with Crippen molar-refractivity contribution in [1.82, 2.24) is 4.90 Å². The van der Waals surface area contributed by atoms with Crippen LogP contribution in [0.5, 0.6) is 0 Å². The monoisotopic (exact) mass is 247 g/mol. The van der Waals surface area contributed by atoms with Crippen LogP contribution in [0.4, 0.5) is 0 Å². The Labute approximate surface area is 106 Å². The van der Waals surface area contributed by atoms with E-state index in [0.717, 1.165) is 4.88 Å². The van der Waals surface area contributed by atoms with Gasteiger partial charge in [0.2, 0.25) is 5.91 Å². The van der Waals surface area contributed by atoms with E-state index >= 15 is 0 Å². The first-order valence-corrected chi connectivity index (χ1v) is 6.21. The molecule has 6 heteroatoms. The van der Waals surface area contributed by atoms with Crippen LogP contribution in [0.3, 0.4) is 0 Å². The summed E-state index contributed by atoms with van der Waals surface area (Å²) >= 11 is 1.51. The molecule has 1 aliphatic heterocycles. The summed E-state index contributed by atoms with van der Waals surface area (Å²) in [5, 5.41) is 1.85. The summed E-state index contributed by atoms with van der Waals surface area (Å²) in [7, 11) is 7.36. The smallest absolute Gasteiger partial charge is 0.234 e. The highest BCUT2D eigenvalue weighted by Crippen LogP contribution is 2.39. The number of guanidine groups is 1. The van der Waals surface area contributed by atoms with Crippen LogP contribution in [0, 0.1) is 5.92 Å². The van der Waals surface area contributed by atoms with Gasteiger partial charge in [0.05, 0.1) is 5.92 Å². The van der Waals surface area contributed by atoms with E-state index < -0.39 is 5.54 Å². The fraction of sp³-hybridized carbons (Fsp3) is 0.455. The van der Waals surface area contributed by atoms with Crippen LogP contribution < -0.4 is 11.2 Å². The van der Waals surface area contributed by atoms with Gasteiger partial charge < -0.3 is 5.73 Å². The van der Waals surface area contributed by atoms with E-state index in [-0.39, 0.29) is 17.8 Å². The summed E-state index contributed by atoms with van der Waals surface area (Å²) in [6, 6.07) is 1.86. The van der Waals surface area contributed by atoms with Gasteiger partial charge in [-0.1, -0.05) is 18.5 Å². The molecule has 2 N–H and O–H groups in total. The minimum Gasteiger partial charge on any atom is -0.369 e. The average molecular weight is 247 g/mol. The zero-order valence-electron chi connectivity index (χ0n) is 10.1. The molecule has 0 unspecified atom stereocenters. The van der Waals surface area contributed by atoms with Crippen molar-refractivity contribution in [2.45, 2.75) is 19.4 Å². The fourth-order valence-electron chi connectivity index (χ4n) is 1.94. The van der Waals surface area contributed by atoms with Gasteiger partial charge >= 0.3 is 0 Å². The number of hydrogen-bond donors (Lipinski definition) is 1. The van der Waals surface area contributed by atoms with E-state index in [1.165, 1.54) is 16.2 Å². The van der Waals surface area contributed by atoms with Crippen LogP contribution in [0.25, 0.3) is 0 Å². The quantitative estimate of drug-likeness (QED) is 0.719. The number of aliphatic imine (C=N–C) groups is 1. The molecule has 1 aliphatic rings. The zero-order valence-corrected chi connectivity index (χ0v) is 10.9. The molecule has 2 rings (SSSR count). The van der Waals surface area contributed by atoms with Gasteiger partial charge in [0, 0.05) is 11.9 Å². The Balaban J connectivity index is 2.53. The standard InChI is InChI=1S/C11H14BN3OS/c1-6-9(16)15(3)10(13)14-11(6,2)8-4-7(12)5-17-8/h4-6H,1-3H3,(H2,13,14)/t6-,11+/m1/s1. The molecule has 17 heavy (non-hydrogen) atoms. The molecule has 88 valence electrons. The first-order chi connectivity index (χ1) is 7.86. The van der Waals surface area contributed by atoms with E-state index in [4.69, 9.17) is 13.6 Å². The van der Waals surface area contributed by atoms with E-state index in [2.05, 4.69) is 4.99 Å². The molecule has 0 aliphatic carbocycles. The van der Waals surface area contributed by atoms with Crippen LogP contribution in [0.15, 0.2) is 16.4 Å². The number of hydrogen-bond acceptors (Lipinski definition) is 4. The van der Waals surface area contributed by atoms with Gasteiger partial charge in [0.15, 0.2) is 5.96 Å². The van der Waals surface area contributed by atoms with Crippen molar-refractivity contribution in [2.24, 2.45) is 16.6 Å². The Morgan fingerprint density at radius 1 is 1.65 bits per heavy atom. The van der Waals surface area contributed by atoms with Gasteiger partial charge in [-0.05, 0) is 12.3 Å². The molecular weight excluding hydrogens is 233 g/mol. The maximum Gasteiger partial charge on any atom is 0.234 e. The van der Waals surface area contributed by atoms with E-state index in [9.17, 15) is 4.79 Å². The van der Waals surface area contributed by atoms with Gasteiger partial charge in [-0.2, -0.15) is 0 Å². The van der Waals surface area contributed by atoms with Crippen molar-refractivity contribution in [3.05, 3.63) is 16.3 Å². The van der Waals surface area contributed by atoms with E-state index in [1.807, 2.05) is 25.3 Å². The first-order valence-electron chi connectivity index (χ1n) is 5.33. The Kier molecular flexibility index (Phi) is 2.77. The molecule has 4 nitrogen and oxygen atoms in total. The highest BCUT2D eigenvalue weighted by molar-refractivity contribution is 7.11. The third-order valence-corrected chi connectivity index (χ3v) is 4.53. The summed E-state index contributed by atoms with van der Waals surface area (Å²) in [4.78, 5) is 18.9. The number of nitrogens with zero attached hydrogens (tertiary/aromatic N) is 2. The third kappa shape index (κ3) is 1.76. The normalized spacial score (nSPS) is 29.4. The largest absolute Gasteiger partial charge is 0.369 e. The van der Waals surface area contributed by atoms with Crippen LogP contribution in [-0.2, 0) is 10.3 Å². The summed E-state index contributed by atoms with van der Waals surface area (Å²) < 4.78 is 0. The Hall–Kier alpha value is -1.30. The van der Waals surface area contributed by atoms with Gasteiger partial charge in [0.25, 0.3) is 0 Å². The van der Waals surface area contributed by atoms with Crippen molar-refractivity contribution < 1.29 is 4.79 Å². The van der Waals surface area contributed by atoms with Gasteiger partial charge in [-0.15, -0.1) is 11.3 Å². The summed E-state index contributed by atoms with van der Waals surface area (Å²) in [6.07, 6.45) is 0. The predicted octanol–water partition coefficient (Wildman–Crippen LogP) is 0.180. The Morgan fingerprint density at radius 3 is 2.82 bits per heavy atom. The van der Waals surface area contributed by atoms with E-state index in [0.29, 0.717) is 5.46 Å². The van der Waals surface area contributed by atoms with Crippen LogP contribution in [-0.4, -0.2) is 31.7 Å². The van der Waals surface area contributed by atoms with Crippen LogP contribution >= 0.6 is 11.3 Å². The number of amides is 1. The number of rotatable bonds is 1. The maximum atomic E-state index is 12.1. The lowest BCUT2D eigenvalue weighted by molar-refractivity contribution is -0.133. The lowest BCUT2D eigenvalue weighted by Crippen LogP contribution is -2.52. The molecule has 0 bridgehead atoms. The highest BCUT2D eigenvalue weighted by atomic mass is 32.1. The zero-order chi connectivity index (χ0) is 12.8. The van der Waals surface area contributed by atoms with Crippen molar-refractivity contribution in [1.29, 1.82) is 0 Å². The lowest BCUT2D eigenvalue weighted by Gasteiger charge is -2.37. The summed E-state index contributed by atoms with van der Waals surface area (Å²) in [5.41, 5.74) is 5.86. The van der Waals surface area contributed by atoms with Crippen LogP contribution in [0.1, 0.15) is 18.7 Å². The molecule has 1 aromatic rings. The number of carbonyl (C=O) groups is 1. The summed E-state index contributed by atoms with van der Waals surface area (Å²) in [5.74, 6) is -0.0209. The molecule has 0 aromatic carbocycles. The molecule has 1 aromatic heterocycles. The van der Waals surface area contributed by atoms with Gasteiger partial charge in [0.1, 0.15) is 13.4 Å². The summed E-state index contributed by atoms with van der Waals surface area (Å²) in [6.45, 7) is 3.78. The molecule has 0 saturated heterocycles. The first kappa shape index (κ1) is 12.2. The minimum atomic E-state index is -0.615. The molecule has 0 fully saturated rings. The SMILES string of the molecule is [B]c1csc([C@@]2(C)N=C(N)N(C)C(=O)[C@H]2C)c1. The second-order valence-corrected chi connectivity index (χ2v) is 5.39. The number of thiophene rings is 1. The third-order valence-electron chi connectivity index (χ3n) is 3.35. The van der Waals surface area contributed by atoms with Crippen molar-refractivity contribution in [3.8, 4) is 0 Å². The van der Waals surface area contributed by atoms with Crippen molar-refractivity contribution >= 4 is 36.5 Å². The van der Waals surface area contributed by atoms with Crippen molar-refractivity contribution in [3.63, 3.8) is 0 Å². The molecule has 0 spiro atoms. The molecule has 2 atom stereocenters.